The van der Waals surface area contributed by atoms with E-state index in [0.717, 1.165) is 30.9 Å². The van der Waals surface area contributed by atoms with Crippen LogP contribution in [0.4, 0.5) is 5.69 Å². The Kier molecular flexibility index (Phi) is 5.41. The molecule has 0 radical (unpaired) electrons. The van der Waals surface area contributed by atoms with Gasteiger partial charge in [0.2, 0.25) is 5.91 Å². The maximum Gasteiger partial charge on any atom is 0.224 e. The zero-order valence-electron chi connectivity index (χ0n) is 12.2. The fourth-order valence-electron chi connectivity index (χ4n) is 2.49. The van der Waals surface area contributed by atoms with Crippen molar-refractivity contribution in [2.75, 3.05) is 18.5 Å². The minimum Gasteiger partial charge on any atom is -0.494 e. The van der Waals surface area contributed by atoms with Crippen molar-refractivity contribution in [1.82, 2.24) is 0 Å². The number of amides is 1. The molecule has 0 aromatic heterocycles. The van der Waals surface area contributed by atoms with E-state index in [1.165, 1.54) is 0 Å². The van der Waals surface area contributed by atoms with Gasteiger partial charge in [-0.05, 0) is 49.9 Å². The maximum atomic E-state index is 12.0. The van der Waals surface area contributed by atoms with Crippen LogP contribution in [0.3, 0.4) is 0 Å². The molecule has 0 bridgehead atoms. The summed E-state index contributed by atoms with van der Waals surface area (Å²) < 4.78 is 11.0. The molecule has 0 saturated carbocycles. The number of nitrogens with one attached hydrogen (secondary N) is 1. The van der Waals surface area contributed by atoms with Crippen LogP contribution in [0.2, 0.25) is 0 Å². The normalized spacial score (nSPS) is 19.6. The number of ether oxygens (including phenoxy) is 2. The van der Waals surface area contributed by atoms with Crippen molar-refractivity contribution in [2.24, 2.45) is 5.92 Å². The maximum absolute atomic E-state index is 12.0. The highest BCUT2D eigenvalue weighted by atomic mass is 16.5. The molecule has 1 aromatic carbocycles. The first kappa shape index (κ1) is 14.9. The minimum atomic E-state index is 0.0390. The molecule has 1 aliphatic heterocycles. The van der Waals surface area contributed by atoms with Crippen LogP contribution >= 0.6 is 0 Å². The molecule has 1 aliphatic rings. The number of carbonyl (C=O) groups is 1. The van der Waals surface area contributed by atoms with Gasteiger partial charge >= 0.3 is 0 Å². The average Bonchev–Trinajstić information content (AvgIpc) is 2.95. The lowest BCUT2D eigenvalue weighted by Gasteiger charge is -2.18. The van der Waals surface area contributed by atoms with Gasteiger partial charge in [-0.1, -0.05) is 6.92 Å². The topological polar surface area (TPSA) is 47.6 Å². The quantitative estimate of drug-likeness (QED) is 0.868. The summed E-state index contributed by atoms with van der Waals surface area (Å²) in [5.41, 5.74) is 0.804. The van der Waals surface area contributed by atoms with Gasteiger partial charge in [0.1, 0.15) is 5.75 Å². The van der Waals surface area contributed by atoms with Gasteiger partial charge in [-0.25, -0.2) is 0 Å². The lowest BCUT2D eigenvalue weighted by atomic mass is 9.98. The van der Waals surface area contributed by atoms with Gasteiger partial charge in [-0.3, -0.25) is 4.79 Å². The summed E-state index contributed by atoms with van der Waals surface area (Å²) in [7, 11) is 0. The number of hydrogen-bond donors (Lipinski definition) is 1. The van der Waals surface area contributed by atoms with E-state index in [4.69, 9.17) is 9.47 Å². The molecule has 4 nitrogen and oxygen atoms in total. The van der Waals surface area contributed by atoms with Crippen molar-refractivity contribution in [3.63, 3.8) is 0 Å². The first-order valence-corrected chi connectivity index (χ1v) is 7.33. The second-order valence-electron chi connectivity index (χ2n) is 5.24. The van der Waals surface area contributed by atoms with Crippen molar-refractivity contribution in [2.45, 2.75) is 39.2 Å². The number of hydrogen-bond acceptors (Lipinski definition) is 3. The standard InChI is InChI=1S/C16H23NO3/c1-3-19-14-8-6-13(7-9-14)17-16(18)11-12(2)15-5-4-10-20-15/h6-9,12,15H,3-5,10-11H2,1-2H3,(H,17,18). The third kappa shape index (κ3) is 4.23. The predicted molar refractivity (Wildman–Crippen MR) is 79.0 cm³/mol. The lowest BCUT2D eigenvalue weighted by Crippen LogP contribution is -2.23. The van der Waals surface area contributed by atoms with Gasteiger partial charge in [0.05, 0.1) is 12.7 Å². The number of carbonyl (C=O) groups excluding carboxylic acids is 1. The van der Waals surface area contributed by atoms with E-state index in [1.807, 2.05) is 31.2 Å². The van der Waals surface area contributed by atoms with E-state index in [-0.39, 0.29) is 17.9 Å². The highest BCUT2D eigenvalue weighted by Gasteiger charge is 2.24. The summed E-state index contributed by atoms with van der Waals surface area (Å²) in [5, 5.41) is 2.92. The van der Waals surface area contributed by atoms with E-state index >= 15 is 0 Å². The molecule has 1 N–H and O–H groups in total. The van der Waals surface area contributed by atoms with Gasteiger partial charge in [-0.2, -0.15) is 0 Å². The summed E-state index contributed by atoms with van der Waals surface area (Å²) >= 11 is 0. The zero-order valence-corrected chi connectivity index (χ0v) is 12.2. The largest absolute Gasteiger partial charge is 0.494 e. The number of benzene rings is 1. The molecule has 2 rings (SSSR count). The van der Waals surface area contributed by atoms with Crippen molar-refractivity contribution < 1.29 is 14.3 Å². The first-order valence-electron chi connectivity index (χ1n) is 7.33. The van der Waals surface area contributed by atoms with Crippen LogP contribution in [-0.4, -0.2) is 25.2 Å². The molecule has 1 heterocycles. The summed E-state index contributed by atoms with van der Waals surface area (Å²) in [5.74, 6) is 1.12. The molecule has 1 saturated heterocycles. The first-order chi connectivity index (χ1) is 9.69. The highest BCUT2D eigenvalue weighted by molar-refractivity contribution is 5.90. The van der Waals surface area contributed by atoms with Crippen LogP contribution in [0.25, 0.3) is 0 Å². The average molecular weight is 277 g/mol. The molecule has 0 aliphatic carbocycles. The van der Waals surface area contributed by atoms with E-state index < -0.39 is 0 Å². The molecule has 1 fully saturated rings. The Morgan fingerprint density at radius 1 is 1.45 bits per heavy atom. The van der Waals surface area contributed by atoms with Gasteiger partial charge in [0, 0.05) is 18.7 Å². The monoisotopic (exact) mass is 277 g/mol. The zero-order chi connectivity index (χ0) is 14.4. The second kappa shape index (κ2) is 7.29. The molecular weight excluding hydrogens is 254 g/mol. The van der Waals surface area contributed by atoms with Crippen molar-refractivity contribution >= 4 is 11.6 Å². The summed E-state index contributed by atoms with van der Waals surface area (Å²) in [6.07, 6.45) is 2.91. The Morgan fingerprint density at radius 3 is 2.80 bits per heavy atom. The summed E-state index contributed by atoms with van der Waals surface area (Å²) in [6, 6.07) is 7.45. The fraction of sp³-hybridized carbons (Fsp3) is 0.562. The predicted octanol–water partition coefficient (Wildman–Crippen LogP) is 3.23. The Hall–Kier alpha value is -1.55. The van der Waals surface area contributed by atoms with Gasteiger partial charge in [-0.15, -0.1) is 0 Å². The SMILES string of the molecule is CCOc1ccc(NC(=O)CC(C)C2CCCO2)cc1. The Bertz CT molecular complexity index is 424. The molecule has 2 unspecified atom stereocenters. The fourth-order valence-corrected chi connectivity index (χ4v) is 2.49. The van der Waals surface area contributed by atoms with Crippen LogP contribution in [0.1, 0.15) is 33.1 Å². The van der Waals surface area contributed by atoms with Crippen LogP contribution in [-0.2, 0) is 9.53 Å². The molecule has 110 valence electrons. The van der Waals surface area contributed by atoms with Crippen LogP contribution in [0.15, 0.2) is 24.3 Å². The summed E-state index contributed by atoms with van der Waals surface area (Å²) in [6.45, 7) is 5.50. The lowest BCUT2D eigenvalue weighted by molar-refractivity contribution is -0.117. The Labute approximate surface area is 120 Å². The number of rotatable bonds is 6. The van der Waals surface area contributed by atoms with Gasteiger partial charge in [0.15, 0.2) is 0 Å². The molecule has 1 amide bonds. The van der Waals surface area contributed by atoms with E-state index in [9.17, 15) is 4.79 Å². The molecule has 4 heteroatoms. The third-order valence-corrected chi connectivity index (χ3v) is 3.56. The molecule has 1 aromatic rings. The van der Waals surface area contributed by atoms with Crippen molar-refractivity contribution in [1.29, 1.82) is 0 Å². The molecule has 2 atom stereocenters. The molecule has 20 heavy (non-hydrogen) atoms. The smallest absolute Gasteiger partial charge is 0.224 e. The third-order valence-electron chi connectivity index (χ3n) is 3.56. The molecular formula is C16H23NO3. The Morgan fingerprint density at radius 2 is 2.20 bits per heavy atom. The van der Waals surface area contributed by atoms with E-state index in [1.54, 1.807) is 0 Å². The van der Waals surface area contributed by atoms with Gasteiger partial charge < -0.3 is 14.8 Å². The van der Waals surface area contributed by atoms with E-state index in [2.05, 4.69) is 12.2 Å². The number of anilines is 1. The Balaban J connectivity index is 1.81. The second-order valence-corrected chi connectivity index (χ2v) is 5.24. The van der Waals surface area contributed by atoms with Crippen LogP contribution < -0.4 is 10.1 Å². The van der Waals surface area contributed by atoms with Gasteiger partial charge in [0.25, 0.3) is 0 Å². The minimum absolute atomic E-state index is 0.0390. The van der Waals surface area contributed by atoms with Crippen LogP contribution in [0.5, 0.6) is 5.75 Å². The highest BCUT2D eigenvalue weighted by Crippen LogP contribution is 2.23. The van der Waals surface area contributed by atoms with Crippen LogP contribution in [0, 0.1) is 5.92 Å². The molecule has 0 spiro atoms. The summed E-state index contributed by atoms with van der Waals surface area (Å²) in [4.78, 5) is 12.0. The van der Waals surface area contributed by atoms with Crippen molar-refractivity contribution in [3.05, 3.63) is 24.3 Å². The van der Waals surface area contributed by atoms with E-state index in [0.29, 0.717) is 13.0 Å². The van der Waals surface area contributed by atoms with Crippen molar-refractivity contribution in [3.8, 4) is 5.75 Å².